The van der Waals surface area contributed by atoms with Gasteiger partial charge in [0.25, 0.3) is 0 Å². The molecule has 1 aromatic rings. The molecule has 0 aliphatic rings. The van der Waals surface area contributed by atoms with Crippen molar-refractivity contribution in [1.29, 1.82) is 0 Å². The van der Waals surface area contributed by atoms with Gasteiger partial charge in [-0.3, -0.25) is 0 Å². The van der Waals surface area contributed by atoms with Gasteiger partial charge in [0.2, 0.25) is 0 Å². The Bertz CT molecular complexity index is 365. The summed E-state index contributed by atoms with van der Waals surface area (Å²) in [6, 6.07) is 2.12. The van der Waals surface area contributed by atoms with Crippen molar-refractivity contribution in [2.75, 3.05) is 11.9 Å². The van der Waals surface area contributed by atoms with E-state index in [1.54, 1.807) is 6.92 Å². The molecule has 2 N–H and O–H groups in total. The Labute approximate surface area is 103 Å². The zero-order valence-corrected chi connectivity index (χ0v) is 10.2. The third-order valence-electron chi connectivity index (χ3n) is 2.33. The van der Waals surface area contributed by atoms with Crippen LogP contribution >= 0.6 is 0 Å². The van der Waals surface area contributed by atoms with Crippen LogP contribution in [0.3, 0.4) is 0 Å². The standard InChI is InChI=1S/C11H16F3N3O/c1-7(5-8(2)18)6-15-10-4-3-9(16-17-10)11(12,13)14/h3-4,7-8,18H,5-6H2,1-2H3,(H,15,17). The fraction of sp³-hybridized carbons (Fsp3) is 0.636. The first-order chi connectivity index (χ1) is 8.29. The molecule has 7 heteroatoms. The molecule has 102 valence electrons. The number of aromatic nitrogens is 2. The maximum atomic E-state index is 12.2. The number of alkyl halides is 3. The van der Waals surface area contributed by atoms with Gasteiger partial charge in [-0.05, 0) is 31.4 Å². The van der Waals surface area contributed by atoms with Crippen molar-refractivity contribution in [3.05, 3.63) is 17.8 Å². The minimum atomic E-state index is -4.47. The van der Waals surface area contributed by atoms with E-state index in [1.807, 2.05) is 6.92 Å². The summed E-state index contributed by atoms with van der Waals surface area (Å²) in [5, 5.41) is 18.6. The average molecular weight is 263 g/mol. The van der Waals surface area contributed by atoms with Crippen molar-refractivity contribution in [2.24, 2.45) is 5.92 Å². The Morgan fingerprint density at radius 1 is 1.28 bits per heavy atom. The maximum Gasteiger partial charge on any atom is 0.435 e. The molecule has 0 aliphatic carbocycles. The Morgan fingerprint density at radius 2 is 1.94 bits per heavy atom. The first kappa shape index (κ1) is 14.7. The second-order valence-electron chi connectivity index (χ2n) is 4.37. The molecule has 0 aromatic carbocycles. The van der Waals surface area contributed by atoms with Gasteiger partial charge in [-0.25, -0.2) is 0 Å². The predicted molar refractivity (Wildman–Crippen MR) is 61.0 cm³/mol. The van der Waals surface area contributed by atoms with Gasteiger partial charge in [-0.1, -0.05) is 6.92 Å². The van der Waals surface area contributed by atoms with E-state index in [0.29, 0.717) is 18.8 Å². The number of anilines is 1. The highest BCUT2D eigenvalue weighted by atomic mass is 19.4. The summed E-state index contributed by atoms with van der Waals surface area (Å²) in [5.41, 5.74) is -1.01. The third kappa shape index (κ3) is 4.87. The summed E-state index contributed by atoms with van der Waals surface area (Å²) in [7, 11) is 0. The normalized spacial score (nSPS) is 15.2. The molecule has 0 saturated heterocycles. The minimum absolute atomic E-state index is 0.189. The van der Waals surface area contributed by atoms with Crippen LogP contribution in [0, 0.1) is 5.92 Å². The molecule has 0 bridgehead atoms. The molecule has 0 spiro atoms. The van der Waals surface area contributed by atoms with Gasteiger partial charge < -0.3 is 10.4 Å². The van der Waals surface area contributed by atoms with Gasteiger partial charge in [0.1, 0.15) is 5.82 Å². The summed E-state index contributed by atoms with van der Waals surface area (Å²) >= 11 is 0. The van der Waals surface area contributed by atoms with Crippen molar-refractivity contribution >= 4 is 5.82 Å². The molecule has 0 aliphatic heterocycles. The highest BCUT2D eigenvalue weighted by molar-refractivity contribution is 5.33. The number of hydrogen-bond acceptors (Lipinski definition) is 4. The lowest BCUT2D eigenvalue weighted by molar-refractivity contribution is -0.141. The molecule has 0 saturated carbocycles. The topological polar surface area (TPSA) is 58.0 Å². The molecule has 1 rings (SSSR count). The lowest BCUT2D eigenvalue weighted by Gasteiger charge is -2.14. The van der Waals surface area contributed by atoms with Gasteiger partial charge in [0.15, 0.2) is 5.69 Å². The Kier molecular flexibility index (Phi) is 4.89. The smallest absolute Gasteiger partial charge is 0.393 e. The second kappa shape index (κ2) is 5.99. The van der Waals surface area contributed by atoms with Gasteiger partial charge in [-0.2, -0.15) is 13.2 Å². The molecular formula is C11H16F3N3O. The number of nitrogens with zero attached hydrogens (tertiary/aromatic N) is 2. The van der Waals surface area contributed by atoms with E-state index in [9.17, 15) is 13.2 Å². The number of aliphatic hydroxyl groups excluding tert-OH is 1. The highest BCUT2D eigenvalue weighted by Gasteiger charge is 2.32. The molecule has 0 radical (unpaired) electrons. The minimum Gasteiger partial charge on any atom is -0.393 e. The number of halogens is 3. The van der Waals surface area contributed by atoms with Crippen LogP contribution in [-0.4, -0.2) is 28.0 Å². The fourth-order valence-electron chi connectivity index (χ4n) is 1.52. The van der Waals surface area contributed by atoms with Crippen molar-refractivity contribution in [2.45, 2.75) is 32.5 Å². The molecule has 18 heavy (non-hydrogen) atoms. The monoisotopic (exact) mass is 263 g/mol. The van der Waals surface area contributed by atoms with Crippen LogP contribution in [0.2, 0.25) is 0 Å². The van der Waals surface area contributed by atoms with Crippen LogP contribution in [0.4, 0.5) is 19.0 Å². The molecule has 1 heterocycles. The summed E-state index contributed by atoms with van der Waals surface area (Å²) in [4.78, 5) is 0. The van der Waals surface area contributed by atoms with E-state index in [-0.39, 0.29) is 5.92 Å². The van der Waals surface area contributed by atoms with Gasteiger partial charge >= 0.3 is 6.18 Å². The molecule has 2 atom stereocenters. The lowest BCUT2D eigenvalue weighted by atomic mass is 10.1. The highest BCUT2D eigenvalue weighted by Crippen LogP contribution is 2.27. The number of rotatable bonds is 5. The van der Waals surface area contributed by atoms with Crippen LogP contribution in [0.15, 0.2) is 12.1 Å². The lowest BCUT2D eigenvalue weighted by Crippen LogP contribution is -2.17. The Balaban J connectivity index is 2.49. The van der Waals surface area contributed by atoms with Gasteiger partial charge in [0.05, 0.1) is 6.10 Å². The van der Waals surface area contributed by atoms with E-state index >= 15 is 0 Å². The van der Waals surface area contributed by atoms with E-state index in [0.717, 1.165) is 6.07 Å². The second-order valence-corrected chi connectivity index (χ2v) is 4.37. The molecule has 1 aromatic heterocycles. The zero-order chi connectivity index (χ0) is 13.8. The van der Waals surface area contributed by atoms with E-state index in [2.05, 4.69) is 15.5 Å². The van der Waals surface area contributed by atoms with Crippen molar-refractivity contribution < 1.29 is 18.3 Å². The van der Waals surface area contributed by atoms with Crippen LogP contribution < -0.4 is 5.32 Å². The first-order valence-corrected chi connectivity index (χ1v) is 5.62. The Morgan fingerprint density at radius 3 is 2.39 bits per heavy atom. The summed E-state index contributed by atoms with van der Waals surface area (Å²) < 4.78 is 36.7. The Hall–Kier alpha value is -1.37. The maximum absolute atomic E-state index is 12.2. The quantitative estimate of drug-likeness (QED) is 0.856. The molecular weight excluding hydrogens is 247 g/mol. The molecule has 0 amide bonds. The predicted octanol–water partition coefficient (Wildman–Crippen LogP) is 2.31. The molecule has 4 nitrogen and oxygen atoms in total. The van der Waals surface area contributed by atoms with Crippen molar-refractivity contribution in [1.82, 2.24) is 10.2 Å². The van der Waals surface area contributed by atoms with E-state index < -0.39 is 18.0 Å². The van der Waals surface area contributed by atoms with Gasteiger partial charge in [-0.15, -0.1) is 10.2 Å². The van der Waals surface area contributed by atoms with Crippen LogP contribution in [0.5, 0.6) is 0 Å². The summed E-state index contributed by atoms with van der Waals surface area (Å²) in [5.74, 6) is 0.481. The molecule has 2 unspecified atom stereocenters. The van der Waals surface area contributed by atoms with Crippen LogP contribution in [-0.2, 0) is 6.18 Å². The van der Waals surface area contributed by atoms with Crippen molar-refractivity contribution in [3.8, 4) is 0 Å². The van der Waals surface area contributed by atoms with Crippen molar-refractivity contribution in [3.63, 3.8) is 0 Å². The summed E-state index contributed by atoms with van der Waals surface area (Å²) in [6.45, 7) is 4.14. The SMILES string of the molecule is CC(O)CC(C)CNc1ccc(C(F)(F)F)nn1. The third-order valence-corrected chi connectivity index (χ3v) is 2.33. The zero-order valence-electron chi connectivity index (χ0n) is 10.2. The van der Waals surface area contributed by atoms with Crippen LogP contribution in [0.1, 0.15) is 26.0 Å². The average Bonchev–Trinajstić information content (AvgIpc) is 2.25. The number of nitrogens with one attached hydrogen (secondary N) is 1. The first-order valence-electron chi connectivity index (χ1n) is 5.62. The number of aliphatic hydroxyl groups is 1. The largest absolute Gasteiger partial charge is 0.435 e. The van der Waals surface area contributed by atoms with Crippen LogP contribution in [0.25, 0.3) is 0 Å². The van der Waals surface area contributed by atoms with Gasteiger partial charge in [0, 0.05) is 6.54 Å². The van der Waals surface area contributed by atoms with E-state index in [4.69, 9.17) is 5.11 Å². The van der Waals surface area contributed by atoms with E-state index in [1.165, 1.54) is 6.07 Å². The number of hydrogen-bond donors (Lipinski definition) is 2. The summed E-state index contributed by atoms with van der Waals surface area (Å²) in [6.07, 6.45) is -4.26. The molecule has 0 fully saturated rings. The fourth-order valence-corrected chi connectivity index (χ4v) is 1.52.